The minimum atomic E-state index is 0.223. The van der Waals surface area contributed by atoms with Crippen molar-refractivity contribution in [1.82, 2.24) is 5.32 Å². The lowest BCUT2D eigenvalue weighted by Gasteiger charge is -2.34. The Kier molecular flexibility index (Phi) is 4.33. The van der Waals surface area contributed by atoms with Crippen molar-refractivity contribution >= 4 is 21.6 Å². The minimum absolute atomic E-state index is 0.223. The fraction of sp³-hybridized carbons (Fsp3) is 0.600. The van der Waals surface area contributed by atoms with Crippen LogP contribution in [0.2, 0.25) is 0 Å². The number of hydrogen-bond acceptors (Lipinski definition) is 2. The molecule has 0 aliphatic carbocycles. The third-order valence-corrected chi connectivity index (χ3v) is 4.56. The molecule has 18 heavy (non-hydrogen) atoms. The normalized spacial score (nSPS) is 25.0. The molecule has 0 aromatic heterocycles. The average molecular weight is 311 g/mol. The van der Waals surface area contributed by atoms with Gasteiger partial charge in [0.2, 0.25) is 0 Å². The zero-order valence-corrected chi connectivity index (χ0v) is 13.2. The van der Waals surface area contributed by atoms with Crippen LogP contribution >= 0.6 is 15.9 Å². The highest BCUT2D eigenvalue weighted by Crippen LogP contribution is 2.30. The van der Waals surface area contributed by atoms with Crippen molar-refractivity contribution in [2.24, 2.45) is 0 Å². The van der Waals surface area contributed by atoms with Crippen LogP contribution in [-0.2, 0) is 0 Å². The lowest BCUT2D eigenvalue weighted by atomic mass is 9.98. The lowest BCUT2D eigenvalue weighted by Crippen LogP contribution is -2.48. The number of anilines is 1. The van der Waals surface area contributed by atoms with E-state index in [1.54, 1.807) is 0 Å². The van der Waals surface area contributed by atoms with E-state index in [4.69, 9.17) is 0 Å². The van der Waals surface area contributed by atoms with Crippen molar-refractivity contribution in [2.45, 2.75) is 39.2 Å². The van der Waals surface area contributed by atoms with Crippen LogP contribution in [-0.4, -0.2) is 25.2 Å². The summed E-state index contributed by atoms with van der Waals surface area (Å²) >= 11 is 3.71. The zero-order chi connectivity index (χ0) is 13.2. The topological polar surface area (TPSA) is 15.3 Å². The summed E-state index contributed by atoms with van der Waals surface area (Å²) in [4.78, 5) is 2.51. The van der Waals surface area contributed by atoms with E-state index < -0.39 is 0 Å². The van der Waals surface area contributed by atoms with Gasteiger partial charge in [-0.1, -0.05) is 13.0 Å². The Bertz CT molecular complexity index is 419. The molecule has 0 saturated carbocycles. The SMILES string of the molecule is CCC1(C)CN(c2ccc(C)cc2Br)CCCN1. The predicted molar refractivity (Wildman–Crippen MR) is 82.4 cm³/mol. The van der Waals surface area contributed by atoms with Gasteiger partial charge in [-0.3, -0.25) is 0 Å². The maximum atomic E-state index is 3.71. The second-order valence-corrected chi connectivity index (χ2v) is 6.43. The molecule has 1 aliphatic rings. The van der Waals surface area contributed by atoms with Gasteiger partial charge in [0.1, 0.15) is 0 Å². The molecule has 3 heteroatoms. The van der Waals surface area contributed by atoms with Gasteiger partial charge in [0.15, 0.2) is 0 Å². The molecule has 1 aromatic rings. The van der Waals surface area contributed by atoms with Crippen LogP contribution in [0.4, 0.5) is 5.69 Å². The molecule has 1 fully saturated rings. The summed E-state index contributed by atoms with van der Waals surface area (Å²) in [5, 5.41) is 3.68. The molecule has 0 spiro atoms. The Balaban J connectivity index is 2.25. The van der Waals surface area contributed by atoms with Gasteiger partial charge in [0, 0.05) is 23.1 Å². The monoisotopic (exact) mass is 310 g/mol. The van der Waals surface area contributed by atoms with Crippen molar-refractivity contribution in [3.63, 3.8) is 0 Å². The summed E-state index contributed by atoms with van der Waals surface area (Å²) < 4.78 is 1.21. The van der Waals surface area contributed by atoms with Crippen molar-refractivity contribution in [1.29, 1.82) is 0 Å². The fourth-order valence-electron chi connectivity index (χ4n) is 2.53. The maximum absolute atomic E-state index is 3.71. The molecule has 1 unspecified atom stereocenters. The second kappa shape index (κ2) is 5.62. The largest absolute Gasteiger partial charge is 0.369 e. The molecule has 2 rings (SSSR count). The predicted octanol–water partition coefficient (Wildman–Crippen LogP) is 3.73. The van der Waals surface area contributed by atoms with E-state index in [0.29, 0.717) is 0 Å². The van der Waals surface area contributed by atoms with Crippen LogP contribution in [0.5, 0.6) is 0 Å². The van der Waals surface area contributed by atoms with E-state index in [0.717, 1.165) is 26.1 Å². The Morgan fingerprint density at radius 2 is 2.22 bits per heavy atom. The Labute approximate surface area is 119 Å². The molecule has 1 N–H and O–H groups in total. The van der Waals surface area contributed by atoms with Crippen LogP contribution < -0.4 is 10.2 Å². The number of aryl methyl sites for hydroxylation is 1. The number of rotatable bonds is 2. The Hall–Kier alpha value is -0.540. The molecule has 0 radical (unpaired) electrons. The molecule has 1 atom stereocenters. The van der Waals surface area contributed by atoms with Crippen LogP contribution in [0.25, 0.3) is 0 Å². The summed E-state index contributed by atoms with van der Waals surface area (Å²) in [6, 6.07) is 6.64. The first-order valence-electron chi connectivity index (χ1n) is 6.80. The third-order valence-electron chi connectivity index (χ3n) is 3.92. The van der Waals surface area contributed by atoms with E-state index in [1.807, 2.05) is 0 Å². The van der Waals surface area contributed by atoms with E-state index in [-0.39, 0.29) is 5.54 Å². The van der Waals surface area contributed by atoms with Crippen LogP contribution in [0.15, 0.2) is 22.7 Å². The van der Waals surface area contributed by atoms with Gasteiger partial charge in [0.05, 0.1) is 5.69 Å². The van der Waals surface area contributed by atoms with Gasteiger partial charge >= 0.3 is 0 Å². The molecule has 1 aliphatic heterocycles. The number of nitrogens with zero attached hydrogens (tertiary/aromatic N) is 1. The van der Waals surface area contributed by atoms with E-state index in [2.05, 4.69) is 65.1 Å². The third kappa shape index (κ3) is 3.07. The van der Waals surface area contributed by atoms with Crippen LogP contribution in [0, 0.1) is 6.92 Å². The van der Waals surface area contributed by atoms with Crippen molar-refractivity contribution in [3.8, 4) is 0 Å². The van der Waals surface area contributed by atoms with E-state index in [9.17, 15) is 0 Å². The molecule has 2 nitrogen and oxygen atoms in total. The van der Waals surface area contributed by atoms with Gasteiger partial charge < -0.3 is 10.2 Å². The Morgan fingerprint density at radius 3 is 2.89 bits per heavy atom. The van der Waals surface area contributed by atoms with Gasteiger partial charge in [-0.05, 0) is 66.9 Å². The molecule has 0 amide bonds. The standard InChI is InChI=1S/C15H23BrN2/c1-4-15(3)11-18(9-5-8-17-15)14-7-6-12(2)10-13(14)16/h6-7,10,17H,4-5,8-9,11H2,1-3H3. The Morgan fingerprint density at radius 1 is 1.44 bits per heavy atom. The fourth-order valence-corrected chi connectivity index (χ4v) is 3.27. The molecular formula is C15H23BrN2. The van der Waals surface area contributed by atoms with Crippen molar-refractivity contribution in [2.75, 3.05) is 24.5 Å². The van der Waals surface area contributed by atoms with Crippen molar-refractivity contribution in [3.05, 3.63) is 28.2 Å². The van der Waals surface area contributed by atoms with E-state index >= 15 is 0 Å². The summed E-state index contributed by atoms with van der Waals surface area (Å²) in [6.45, 7) is 10.0. The first-order valence-corrected chi connectivity index (χ1v) is 7.59. The second-order valence-electron chi connectivity index (χ2n) is 5.57. The summed E-state index contributed by atoms with van der Waals surface area (Å²) in [5.74, 6) is 0. The average Bonchev–Trinajstić information content (AvgIpc) is 2.52. The zero-order valence-electron chi connectivity index (χ0n) is 11.6. The van der Waals surface area contributed by atoms with Crippen LogP contribution in [0.1, 0.15) is 32.3 Å². The molecule has 0 bridgehead atoms. The summed E-state index contributed by atoms with van der Waals surface area (Å²) in [7, 11) is 0. The van der Waals surface area contributed by atoms with E-state index in [1.165, 1.54) is 22.1 Å². The number of hydrogen-bond donors (Lipinski definition) is 1. The number of halogens is 1. The first-order chi connectivity index (χ1) is 8.54. The summed E-state index contributed by atoms with van der Waals surface area (Å²) in [5.41, 5.74) is 2.85. The highest BCUT2D eigenvalue weighted by atomic mass is 79.9. The number of benzene rings is 1. The van der Waals surface area contributed by atoms with Crippen molar-refractivity contribution < 1.29 is 0 Å². The van der Waals surface area contributed by atoms with Crippen LogP contribution in [0.3, 0.4) is 0 Å². The lowest BCUT2D eigenvalue weighted by molar-refractivity contribution is 0.366. The molecule has 1 saturated heterocycles. The minimum Gasteiger partial charge on any atom is -0.369 e. The van der Waals surface area contributed by atoms with Gasteiger partial charge in [-0.25, -0.2) is 0 Å². The smallest absolute Gasteiger partial charge is 0.0511 e. The van der Waals surface area contributed by atoms with Gasteiger partial charge in [-0.2, -0.15) is 0 Å². The molecule has 1 aromatic carbocycles. The van der Waals surface area contributed by atoms with Gasteiger partial charge in [0.25, 0.3) is 0 Å². The van der Waals surface area contributed by atoms with Gasteiger partial charge in [-0.15, -0.1) is 0 Å². The highest BCUT2D eigenvalue weighted by molar-refractivity contribution is 9.10. The maximum Gasteiger partial charge on any atom is 0.0511 e. The molecular weight excluding hydrogens is 288 g/mol. The summed E-state index contributed by atoms with van der Waals surface area (Å²) in [6.07, 6.45) is 2.36. The number of nitrogens with one attached hydrogen (secondary N) is 1. The first kappa shape index (κ1) is 13.9. The molecule has 1 heterocycles. The quantitative estimate of drug-likeness (QED) is 0.895. The molecule has 100 valence electrons. The highest BCUT2D eigenvalue weighted by Gasteiger charge is 2.27.